The normalized spacial score (nSPS) is 12.5. The number of unbranched alkanes of at least 4 members (excludes halogenated alkanes) is 1. The van der Waals surface area contributed by atoms with Gasteiger partial charge in [-0.1, -0.05) is 130 Å². The zero-order valence-electron chi connectivity index (χ0n) is 42.0. The van der Waals surface area contributed by atoms with Gasteiger partial charge in [0.05, 0.1) is 5.92 Å². The van der Waals surface area contributed by atoms with E-state index in [-0.39, 0.29) is 39.1 Å². The quantitative estimate of drug-likeness (QED) is 0.0232. The van der Waals surface area contributed by atoms with Crippen LogP contribution < -0.4 is 19.5 Å². The number of hydrogen-bond donors (Lipinski definition) is 1. The van der Waals surface area contributed by atoms with E-state index in [1.807, 2.05) is 73.7 Å². The molecule has 0 aliphatic heterocycles. The standard InChI is InChI=1S/C58H59F5N2O9/c1-7-8-24-44(64-57(69)74-58(3,4)5)54(66)65(6)45(56(68)72-35-39-22-16-11-17-23-39)32-43-31-41(26-28-47(43)71-34-38-20-14-10-15-21-38)40-25-27-46(70-33-37-18-12-9-13-19-37)42(30-40)29-36(2)55(67)73-53-51(62)49(60)48(59)50(61)52(53)63/h9-23,25-28,30-31,36,44-45H,7-8,24,29,32-35H2,1-6H3,(H,64,69)/t36-,44-,45-/m0/s1. The molecule has 0 fully saturated rings. The minimum absolute atomic E-state index is 0.0972. The van der Waals surface area contributed by atoms with E-state index in [1.165, 1.54) is 18.9 Å². The van der Waals surface area contributed by atoms with Crippen LogP contribution in [0.4, 0.5) is 26.7 Å². The first-order chi connectivity index (χ1) is 35.3. The third-order valence-corrected chi connectivity index (χ3v) is 11.8. The Morgan fingerprint density at radius 3 is 1.54 bits per heavy atom. The molecule has 0 spiro atoms. The van der Waals surface area contributed by atoms with E-state index in [0.29, 0.717) is 52.2 Å². The van der Waals surface area contributed by atoms with Crippen LogP contribution in [0.1, 0.15) is 81.7 Å². The molecule has 0 saturated heterocycles. The smallest absolute Gasteiger partial charge is 0.408 e. The molecule has 0 aliphatic carbocycles. The van der Waals surface area contributed by atoms with Gasteiger partial charge in [-0.25, -0.2) is 22.8 Å². The zero-order chi connectivity index (χ0) is 53.5. The molecular formula is C58H59F5N2O9. The second-order valence-electron chi connectivity index (χ2n) is 18.7. The lowest BCUT2D eigenvalue weighted by atomic mass is 9.94. The Morgan fingerprint density at radius 1 is 0.608 bits per heavy atom. The predicted octanol–water partition coefficient (Wildman–Crippen LogP) is 12.2. The molecule has 390 valence electrons. The van der Waals surface area contributed by atoms with E-state index in [9.17, 15) is 41.1 Å². The summed E-state index contributed by atoms with van der Waals surface area (Å²) >= 11 is 0. The van der Waals surface area contributed by atoms with Gasteiger partial charge in [-0.3, -0.25) is 9.59 Å². The Labute approximate surface area is 427 Å². The van der Waals surface area contributed by atoms with E-state index in [4.69, 9.17) is 23.7 Å². The fraction of sp³-hybridized carbons (Fsp3) is 0.310. The molecule has 0 radical (unpaired) electrons. The molecule has 2 amide bonds. The molecule has 0 aliphatic rings. The Hall–Kier alpha value is -7.75. The van der Waals surface area contributed by atoms with Gasteiger partial charge in [-0.2, -0.15) is 8.78 Å². The number of hydrogen-bond acceptors (Lipinski definition) is 9. The number of alkyl carbamates (subject to hydrolysis) is 1. The summed E-state index contributed by atoms with van der Waals surface area (Å²) in [6.45, 7) is 8.57. The summed E-state index contributed by atoms with van der Waals surface area (Å²) in [6.07, 6.45) is 0.432. The van der Waals surface area contributed by atoms with Crippen molar-refractivity contribution in [1.29, 1.82) is 0 Å². The summed E-state index contributed by atoms with van der Waals surface area (Å²) in [6, 6.07) is 35.7. The van der Waals surface area contributed by atoms with Crippen LogP contribution in [0.15, 0.2) is 127 Å². The number of halogens is 5. The molecule has 0 heterocycles. The maximum absolute atomic E-state index is 14.6. The predicted molar refractivity (Wildman–Crippen MR) is 267 cm³/mol. The number of carbonyl (C=O) groups excluding carboxylic acids is 4. The number of benzene rings is 6. The van der Waals surface area contributed by atoms with E-state index < -0.39 is 82.4 Å². The van der Waals surface area contributed by atoms with Crippen molar-refractivity contribution in [2.75, 3.05) is 7.05 Å². The molecule has 0 bridgehead atoms. The Morgan fingerprint density at radius 2 is 1.07 bits per heavy atom. The van der Waals surface area contributed by atoms with E-state index in [0.717, 1.165) is 11.1 Å². The molecule has 6 aromatic rings. The number of ether oxygens (including phenoxy) is 5. The Bertz CT molecular complexity index is 2850. The lowest BCUT2D eigenvalue weighted by Gasteiger charge is -2.31. The van der Waals surface area contributed by atoms with E-state index in [1.54, 1.807) is 81.4 Å². The molecule has 6 aromatic carbocycles. The van der Waals surface area contributed by atoms with Gasteiger partial charge in [-0.15, -0.1) is 0 Å². The fourth-order valence-corrected chi connectivity index (χ4v) is 7.80. The summed E-state index contributed by atoms with van der Waals surface area (Å²) in [5.74, 6) is -16.3. The van der Waals surface area contributed by atoms with Crippen LogP contribution >= 0.6 is 0 Å². The highest BCUT2D eigenvalue weighted by molar-refractivity contribution is 5.90. The fourth-order valence-electron chi connectivity index (χ4n) is 7.80. The highest BCUT2D eigenvalue weighted by atomic mass is 19.2. The number of esters is 2. The summed E-state index contributed by atoms with van der Waals surface area (Å²) in [7, 11) is 1.47. The SMILES string of the molecule is CCCC[C@H](NC(=O)OC(C)(C)C)C(=O)N(C)[C@@H](Cc1cc(-c2ccc(OCc3ccccc3)c(C[C@H](C)C(=O)Oc3c(F)c(F)c(F)c(F)c3F)c2)ccc1OCc1ccccc1)C(=O)OCc1ccccc1. The third-order valence-electron chi connectivity index (χ3n) is 11.8. The van der Waals surface area contributed by atoms with Gasteiger partial charge in [0.25, 0.3) is 0 Å². The molecule has 11 nitrogen and oxygen atoms in total. The van der Waals surface area contributed by atoms with Crippen LogP contribution in [-0.2, 0) is 56.5 Å². The lowest BCUT2D eigenvalue weighted by molar-refractivity contribution is -0.156. The molecule has 0 aromatic heterocycles. The third kappa shape index (κ3) is 15.2. The van der Waals surface area contributed by atoms with Crippen LogP contribution in [0.5, 0.6) is 17.2 Å². The van der Waals surface area contributed by atoms with Crippen LogP contribution in [-0.4, -0.2) is 53.6 Å². The highest BCUT2D eigenvalue weighted by Gasteiger charge is 2.35. The molecular weight excluding hydrogens is 964 g/mol. The van der Waals surface area contributed by atoms with Crippen molar-refractivity contribution in [2.45, 2.75) is 104 Å². The van der Waals surface area contributed by atoms with Gasteiger partial charge < -0.3 is 33.9 Å². The summed E-state index contributed by atoms with van der Waals surface area (Å²) < 4.78 is 100. The van der Waals surface area contributed by atoms with Crippen molar-refractivity contribution in [2.24, 2.45) is 5.92 Å². The second kappa shape index (κ2) is 25.8. The number of amides is 2. The number of rotatable bonds is 22. The molecule has 0 unspecified atom stereocenters. The van der Waals surface area contributed by atoms with Crippen molar-refractivity contribution in [3.63, 3.8) is 0 Å². The second-order valence-corrected chi connectivity index (χ2v) is 18.7. The lowest BCUT2D eigenvalue weighted by Crippen LogP contribution is -2.53. The molecule has 0 saturated carbocycles. The van der Waals surface area contributed by atoms with Crippen LogP contribution in [0.2, 0.25) is 0 Å². The number of likely N-dealkylation sites (N-methyl/N-ethyl adjacent to an activating group) is 1. The van der Waals surface area contributed by atoms with Crippen molar-refractivity contribution in [3.05, 3.63) is 184 Å². The first-order valence-electron chi connectivity index (χ1n) is 24.1. The average Bonchev–Trinajstić information content (AvgIpc) is 3.39. The monoisotopic (exact) mass is 1020 g/mol. The number of nitrogens with one attached hydrogen (secondary N) is 1. The van der Waals surface area contributed by atoms with Gasteiger partial charge in [-0.05, 0) is 96.8 Å². The van der Waals surface area contributed by atoms with E-state index in [2.05, 4.69) is 5.32 Å². The maximum Gasteiger partial charge on any atom is 0.408 e. The Balaban J connectivity index is 1.39. The van der Waals surface area contributed by atoms with Gasteiger partial charge in [0, 0.05) is 13.5 Å². The average molecular weight is 1020 g/mol. The van der Waals surface area contributed by atoms with Crippen LogP contribution in [0.3, 0.4) is 0 Å². The first kappa shape index (κ1) is 55.6. The summed E-state index contributed by atoms with van der Waals surface area (Å²) in [4.78, 5) is 56.7. The molecule has 16 heteroatoms. The van der Waals surface area contributed by atoms with Crippen molar-refractivity contribution < 1.29 is 64.8 Å². The largest absolute Gasteiger partial charge is 0.489 e. The van der Waals surface area contributed by atoms with Crippen molar-refractivity contribution in [3.8, 4) is 28.4 Å². The molecule has 6 rings (SSSR count). The van der Waals surface area contributed by atoms with Crippen LogP contribution in [0, 0.1) is 35.0 Å². The molecule has 1 N–H and O–H groups in total. The van der Waals surface area contributed by atoms with Gasteiger partial charge >= 0.3 is 18.0 Å². The van der Waals surface area contributed by atoms with Crippen molar-refractivity contribution in [1.82, 2.24) is 10.2 Å². The summed E-state index contributed by atoms with van der Waals surface area (Å²) in [5.41, 5.74) is 3.57. The van der Waals surface area contributed by atoms with Gasteiger partial charge in [0.15, 0.2) is 0 Å². The minimum atomic E-state index is -2.40. The van der Waals surface area contributed by atoms with Crippen LogP contribution in [0.25, 0.3) is 11.1 Å². The topological polar surface area (TPSA) is 130 Å². The number of carbonyl (C=O) groups is 4. The Kier molecular flexibility index (Phi) is 19.3. The van der Waals surface area contributed by atoms with Gasteiger partial charge in [0.1, 0.15) is 49.0 Å². The minimum Gasteiger partial charge on any atom is -0.489 e. The zero-order valence-corrected chi connectivity index (χ0v) is 42.0. The first-order valence-corrected chi connectivity index (χ1v) is 24.1. The van der Waals surface area contributed by atoms with E-state index >= 15 is 0 Å². The molecule has 74 heavy (non-hydrogen) atoms. The highest BCUT2D eigenvalue weighted by Crippen LogP contribution is 2.35. The number of nitrogens with zero attached hydrogens (tertiary/aromatic N) is 1. The van der Waals surface area contributed by atoms with Crippen molar-refractivity contribution >= 4 is 23.9 Å². The van der Waals surface area contributed by atoms with Gasteiger partial charge in [0.2, 0.25) is 40.7 Å². The molecule has 3 atom stereocenters. The maximum atomic E-state index is 14.6. The summed E-state index contributed by atoms with van der Waals surface area (Å²) in [5, 5.41) is 2.71.